The second-order valence-electron chi connectivity index (χ2n) is 2.93. The van der Waals surface area contributed by atoms with Crippen molar-refractivity contribution in [2.75, 3.05) is 13.1 Å². The molecule has 0 aliphatic rings. The average Bonchev–Trinajstić information content (AvgIpc) is 2.18. The lowest BCUT2D eigenvalue weighted by Gasteiger charge is -2.10. The summed E-state index contributed by atoms with van der Waals surface area (Å²) in [6, 6.07) is -0.449. The third kappa shape index (κ3) is 6.88. The second-order valence-corrected chi connectivity index (χ2v) is 3.17. The van der Waals surface area contributed by atoms with Crippen molar-refractivity contribution in [1.82, 2.24) is 5.32 Å². The number of hydrogen-bond acceptors (Lipinski definition) is 5. The SMILES string of the molecule is NCCCC[C@H](N)C(=O)NCC=NS. The van der Waals surface area contributed by atoms with Crippen LogP contribution in [0.15, 0.2) is 4.40 Å². The summed E-state index contributed by atoms with van der Waals surface area (Å²) in [5.74, 6) is -0.157. The van der Waals surface area contributed by atoms with Crippen LogP contribution in [0, 0.1) is 0 Å². The summed E-state index contributed by atoms with van der Waals surface area (Å²) in [5.41, 5.74) is 10.9. The van der Waals surface area contributed by atoms with Gasteiger partial charge in [0, 0.05) is 6.21 Å². The van der Waals surface area contributed by atoms with E-state index in [1.54, 1.807) is 0 Å². The number of nitrogens with two attached hydrogens (primary N) is 2. The van der Waals surface area contributed by atoms with Crippen LogP contribution in [0.5, 0.6) is 0 Å². The quantitative estimate of drug-likeness (QED) is 0.263. The predicted octanol–water partition coefficient (Wildman–Crippen LogP) is -0.525. The van der Waals surface area contributed by atoms with Crippen molar-refractivity contribution < 1.29 is 4.79 Å². The molecule has 0 aromatic rings. The van der Waals surface area contributed by atoms with Gasteiger partial charge in [-0.15, -0.1) is 0 Å². The van der Waals surface area contributed by atoms with Crippen molar-refractivity contribution in [2.45, 2.75) is 25.3 Å². The van der Waals surface area contributed by atoms with Crippen molar-refractivity contribution in [1.29, 1.82) is 0 Å². The molecule has 0 saturated heterocycles. The fourth-order valence-electron chi connectivity index (χ4n) is 0.958. The maximum atomic E-state index is 11.3. The van der Waals surface area contributed by atoms with Gasteiger partial charge in [-0.1, -0.05) is 6.42 Å². The molecule has 0 unspecified atom stereocenters. The molecular weight excluding hydrogens is 200 g/mol. The summed E-state index contributed by atoms with van der Waals surface area (Å²) in [7, 11) is 0. The van der Waals surface area contributed by atoms with E-state index in [0.29, 0.717) is 19.5 Å². The van der Waals surface area contributed by atoms with Crippen molar-refractivity contribution in [3.05, 3.63) is 0 Å². The minimum absolute atomic E-state index is 0.157. The molecule has 1 atom stereocenters. The number of rotatable bonds is 7. The Hall–Kier alpha value is -0.590. The molecule has 0 aromatic heterocycles. The summed E-state index contributed by atoms with van der Waals surface area (Å²) in [4.78, 5) is 11.3. The fourth-order valence-corrected chi connectivity index (χ4v) is 1.04. The lowest BCUT2D eigenvalue weighted by atomic mass is 10.1. The molecule has 1 amide bonds. The number of amides is 1. The van der Waals surface area contributed by atoms with Gasteiger partial charge in [0.25, 0.3) is 0 Å². The van der Waals surface area contributed by atoms with E-state index in [1.165, 1.54) is 6.21 Å². The molecule has 14 heavy (non-hydrogen) atoms. The number of thiol groups is 1. The van der Waals surface area contributed by atoms with Crippen LogP contribution < -0.4 is 16.8 Å². The van der Waals surface area contributed by atoms with E-state index in [4.69, 9.17) is 11.5 Å². The number of nitrogens with zero attached hydrogens (tertiary/aromatic N) is 1. The van der Waals surface area contributed by atoms with E-state index in [0.717, 1.165) is 12.8 Å². The maximum absolute atomic E-state index is 11.3. The van der Waals surface area contributed by atoms with Crippen molar-refractivity contribution >= 4 is 24.9 Å². The summed E-state index contributed by atoms with van der Waals surface area (Å²) < 4.78 is 3.44. The molecule has 0 aromatic carbocycles. The van der Waals surface area contributed by atoms with Gasteiger partial charge in [-0.25, -0.2) is 4.40 Å². The standard InChI is InChI=1S/C8H18N4OS/c9-4-2-1-3-7(10)8(13)11-5-6-12-14/h6-7,14H,1-5,9-10H2,(H,11,13)/t7-/m0/s1. The molecule has 0 aliphatic carbocycles. The molecule has 5 N–H and O–H groups in total. The second kappa shape index (κ2) is 8.98. The molecule has 5 nitrogen and oxygen atoms in total. The minimum atomic E-state index is -0.449. The first-order valence-corrected chi connectivity index (χ1v) is 5.01. The van der Waals surface area contributed by atoms with Crippen molar-refractivity contribution in [3.8, 4) is 0 Å². The van der Waals surface area contributed by atoms with E-state index in [-0.39, 0.29) is 5.91 Å². The molecule has 0 spiro atoms. The highest BCUT2D eigenvalue weighted by Gasteiger charge is 2.11. The smallest absolute Gasteiger partial charge is 0.237 e. The summed E-state index contributed by atoms with van der Waals surface area (Å²) in [5, 5.41) is 2.62. The van der Waals surface area contributed by atoms with Crippen LogP contribution in [-0.2, 0) is 4.79 Å². The van der Waals surface area contributed by atoms with Gasteiger partial charge in [0.15, 0.2) is 0 Å². The van der Waals surface area contributed by atoms with Crippen molar-refractivity contribution in [2.24, 2.45) is 15.9 Å². The Labute approximate surface area is 89.9 Å². The summed E-state index contributed by atoms with van der Waals surface area (Å²) >= 11 is 3.62. The number of nitrogens with one attached hydrogen (secondary N) is 1. The molecule has 0 aliphatic heterocycles. The van der Waals surface area contributed by atoms with Crippen LogP contribution in [0.2, 0.25) is 0 Å². The highest BCUT2D eigenvalue weighted by molar-refractivity contribution is 7.78. The Morgan fingerprint density at radius 3 is 2.86 bits per heavy atom. The maximum Gasteiger partial charge on any atom is 0.237 e. The lowest BCUT2D eigenvalue weighted by Crippen LogP contribution is -2.41. The molecular formula is C8H18N4OS. The Kier molecular flexibility index (Phi) is 8.61. The number of unbranched alkanes of at least 4 members (excludes halogenated alkanes) is 1. The van der Waals surface area contributed by atoms with E-state index >= 15 is 0 Å². The van der Waals surface area contributed by atoms with Crippen LogP contribution in [-0.4, -0.2) is 31.3 Å². The molecule has 0 bridgehead atoms. The molecule has 0 fully saturated rings. The van der Waals surface area contributed by atoms with E-state index in [9.17, 15) is 4.79 Å². The number of hydrogen-bond donors (Lipinski definition) is 4. The number of carbonyl (C=O) groups is 1. The van der Waals surface area contributed by atoms with Gasteiger partial charge in [0.1, 0.15) is 0 Å². The van der Waals surface area contributed by atoms with Crippen molar-refractivity contribution in [3.63, 3.8) is 0 Å². The van der Waals surface area contributed by atoms with Crippen LogP contribution in [0.4, 0.5) is 0 Å². The van der Waals surface area contributed by atoms with E-state index in [1.807, 2.05) is 0 Å². The minimum Gasteiger partial charge on any atom is -0.350 e. The highest BCUT2D eigenvalue weighted by atomic mass is 32.1. The zero-order valence-electron chi connectivity index (χ0n) is 8.15. The predicted molar refractivity (Wildman–Crippen MR) is 61.4 cm³/mol. The van der Waals surface area contributed by atoms with Crippen LogP contribution >= 0.6 is 12.8 Å². The highest BCUT2D eigenvalue weighted by Crippen LogP contribution is 1.97. The zero-order valence-corrected chi connectivity index (χ0v) is 9.04. The molecule has 0 rings (SSSR count). The monoisotopic (exact) mass is 218 g/mol. The van der Waals surface area contributed by atoms with Gasteiger partial charge in [-0.05, 0) is 32.2 Å². The van der Waals surface area contributed by atoms with Gasteiger partial charge in [-0.2, -0.15) is 0 Å². The zero-order chi connectivity index (χ0) is 10.8. The van der Waals surface area contributed by atoms with E-state index in [2.05, 4.69) is 22.5 Å². The molecule has 82 valence electrons. The lowest BCUT2D eigenvalue weighted by molar-refractivity contribution is -0.122. The van der Waals surface area contributed by atoms with E-state index < -0.39 is 6.04 Å². The van der Waals surface area contributed by atoms with Gasteiger partial charge in [0.05, 0.1) is 12.6 Å². The Balaban J connectivity index is 3.54. The first-order valence-electron chi connectivity index (χ1n) is 4.61. The van der Waals surface area contributed by atoms with Gasteiger partial charge >= 0.3 is 0 Å². The first-order chi connectivity index (χ1) is 6.72. The first kappa shape index (κ1) is 13.4. The summed E-state index contributed by atoms with van der Waals surface area (Å²) in [6.07, 6.45) is 3.94. The van der Waals surface area contributed by atoms with Gasteiger partial charge in [-0.3, -0.25) is 4.79 Å². The molecule has 0 radical (unpaired) electrons. The summed E-state index contributed by atoms with van der Waals surface area (Å²) in [6.45, 7) is 1.01. The number of carbonyl (C=O) groups excluding carboxylic acids is 1. The third-order valence-corrected chi connectivity index (χ3v) is 1.92. The fraction of sp³-hybridized carbons (Fsp3) is 0.750. The largest absolute Gasteiger partial charge is 0.350 e. The average molecular weight is 218 g/mol. The molecule has 0 heterocycles. The van der Waals surface area contributed by atoms with Gasteiger partial charge < -0.3 is 16.8 Å². The molecule has 0 saturated carbocycles. The van der Waals surface area contributed by atoms with Gasteiger partial charge in [0.2, 0.25) is 5.91 Å². The Morgan fingerprint density at radius 1 is 1.57 bits per heavy atom. The van der Waals surface area contributed by atoms with Crippen LogP contribution in [0.25, 0.3) is 0 Å². The molecule has 6 heteroatoms. The Morgan fingerprint density at radius 2 is 2.29 bits per heavy atom. The third-order valence-electron chi connectivity index (χ3n) is 1.76. The van der Waals surface area contributed by atoms with Crippen LogP contribution in [0.1, 0.15) is 19.3 Å². The Bertz CT molecular complexity index is 186. The van der Waals surface area contributed by atoms with Crippen LogP contribution in [0.3, 0.4) is 0 Å². The topological polar surface area (TPSA) is 93.5 Å². The normalized spacial score (nSPS) is 13.1.